The molecule has 2 nitrogen and oxygen atoms in total. The number of anilines is 2. The molecule has 1 aliphatic rings. The average molecular weight is 291 g/mol. The molecule has 1 aliphatic heterocycles. The van der Waals surface area contributed by atoms with Crippen LogP contribution in [-0.4, -0.2) is 13.1 Å². The summed E-state index contributed by atoms with van der Waals surface area (Å²) >= 11 is 5.86. The third-order valence-electron chi connectivity index (χ3n) is 3.87. The van der Waals surface area contributed by atoms with Crippen LogP contribution in [0.3, 0.4) is 0 Å². The second-order valence-corrected chi connectivity index (χ2v) is 5.57. The van der Waals surface area contributed by atoms with E-state index >= 15 is 0 Å². The van der Waals surface area contributed by atoms with Gasteiger partial charge in [-0.05, 0) is 18.1 Å². The molecule has 0 bridgehead atoms. The zero-order valence-corrected chi connectivity index (χ0v) is 11.8. The van der Waals surface area contributed by atoms with Gasteiger partial charge in [0, 0.05) is 25.1 Å². The molecule has 2 N–H and O–H groups in total. The van der Waals surface area contributed by atoms with Crippen molar-refractivity contribution in [3.63, 3.8) is 0 Å². The SMILES string of the molecule is Nc1cc(F)c(Cl)cc1N1CCC(c2ccccc2)C1. The minimum Gasteiger partial charge on any atom is -0.397 e. The summed E-state index contributed by atoms with van der Waals surface area (Å²) in [4.78, 5) is 2.18. The maximum Gasteiger partial charge on any atom is 0.143 e. The van der Waals surface area contributed by atoms with Crippen LogP contribution in [0.15, 0.2) is 42.5 Å². The second kappa shape index (κ2) is 5.33. The first-order valence-electron chi connectivity index (χ1n) is 6.69. The minimum absolute atomic E-state index is 0.123. The molecule has 0 saturated carbocycles. The number of hydrogen-bond acceptors (Lipinski definition) is 2. The van der Waals surface area contributed by atoms with Crippen LogP contribution in [0.2, 0.25) is 5.02 Å². The molecule has 20 heavy (non-hydrogen) atoms. The van der Waals surface area contributed by atoms with Crippen LogP contribution in [-0.2, 0) is 0 Å². The molecule has 3 rings (SSSR count). The van der Waals surface area contributed by atoms with E-state index in [9.17, 15) is 4.39 Å². The fourth-order valence-corrected chi connectivity index (χ4v) is 2.96. The zero-order valence-electron chi connectivity index (χ0n) is 11.0. The average Bonchev–Trinajstić information content (AvgIpc) is 2.93. The van der Waals surface area contributed by atoms with E-state index in [1.165, 1.54) is 11.6 Å². The molecule has 0 amide bonds. The number of rotatable bonds is 2. The van der Waals surface area contributed by atoms with E-state index in [4.69, 9.17) is 17.3 Å². The quantitative estimate of drug-likeness (QED) is 0.845. The Kier molecular flexibility index (Phi) is 3.53. The van der Waals surface area contributed by atoms with Crippen molar-refractivity contribution < 1.29 is 4.39 Å². The monoisotopic (exact) mass is 290 g/mol. The summed E-state index contributed by atoms with van der Waals surface area (Å²) < 4.78 is 13.4. The molecule has 0 aliphatic carbocycles. The van der Waals surface area contributed by atoms with E-state index in [0.29, 0.717) is 11.6 Å². The number of nitrogens with two attached hydrogens (primary N) is 1. The van der Waals surface area contributed by atoms with E-state index in [-0.39, 0.29) is 5.02 Å². The highest BCUT2D eigenvalue weighted by Crippen LogP contribution is 2.35. The van der Waals surface area contributed by atoms with Crippen LogP contribution in [0.4, 0.5) is 15.8 Å². The molecule has 0 radical (unpaired) electrons. The third kappa shape index (κ3) is 2.46. The maximum absolute atomic E-state index is 13.4. The van der Waals surface area contributed by atoms with Gasteiger partial charge >= 0.3 is 0 Å². The van der Waals surface area contributed by atoms with E-state index in [0.717, 1.165) is 25.2 Å². The van der Waals surface area contributed by atoms with Crippen molar-refractivity contribution in [2.24, 2.45) is 0 Å². The lowest BCUT2D eigenvalue weighted by molar-refractivity contribution is 0.629. The van der Waals surface area contributed by atoms with Gasteiger partial charge in [-0.2, -0.15) is 0 Å². The van der Waals surface area contributed by atoms with Crippen LogP contribution in [0, 0.1) is 5.82 Å². The third-order valence-corrected chi connectivity index (χ3v) is 4.16. The van der Waals surface area contributed by atoms with Crippen molar-refractivity contribution in [3.8, 4) is 0 Å². The van der Waals surface area contributed by atoms with Crippen molar-refractivity contribution in [2.45, 2.75) is 12.3 Å². The van der Waals surface area contributed by atoms with Crippen LogP contribution >= 0.6 is 11.6 Å². The van der Waals surface area contributed by atoms with Crippen molar-refractivity contribution in [3.05, 3.63) is 58.9 Å². The molecule has 1 fully saturated rings. The number of nitrogen functional groups attached to an aromatic ring is 1. The van der Waals surface area contributed by atoms with E-state index in [1.807, 2.05) is 6.07 Å². The molecule has 1 atom stereocenters. The first-order valence-corrected chi connectivity index (χ1v) is 7.07. The molecule has 1 unspecified atom stereocenters. The van der Waals surface area contributed by atoms with Crippen molar-refractivity contribution in [2.75, 3.05) is 23.7 Å². The number of benzene rings is 2. The van der Waals surface area contributed by atoms with Gasteiger partial charge in [-0.3, -0.25) is 0 Å². The first kappa shape index (κ1) is 13.3. The Labute approximate surface area is 123 Å². The van der Waals surface area contributed by atoms with Crippen molar-refractivity contribution in [1.82, 2.24) is 0 Å². The normalized spacial score (nSPS) is 18.5. The Bertz CT molecular complexity index is 615. The van der Waals surface area contributed by atoms with Gasteiger partial charge < -0.3 is 10.6 Å². The van der Waals surface area contributed by atoms with Gasteiger partial charge in [0.2, 0.25) is 0 Å². The summed E-state index contributed by atoms with van der Waals surface area (Å²) in [6.45, 7) is 1.79. The molecule has 4 heteroatoms. The molecular formula is C16H16ClFN2. The van der Waals surface area contributed by atoms with Crippen molar-refractivity contribution >= 4 is 23.0 Å². The Balaban J connectivity index is 1.82. The lowest BCUT2D eigenvalue weighted by Crippen LogP contribution is -2.20. The zero-order chi connectivity index (χ0) is 14.1. The molecule has 0 spiro atoms. The Morgan fingerprint density at radius 2 is 1.95 bits per heavy atom. The van der Waals surface area contributed by atoms with Crippen LogP contribution in [0.1, 0.15) is 17.9 Å². The fraction of sp³-hybridized carbons (Fsp3) is 0.250. The largest absolute Gasteiger partial charge is 0.397 e. The molecular weight excluding hydrogens is 275 g/mol. The molecule has 104 valence electrons. The number of halogens is 2. The predicted octanol–water partition coefficient (Wildman–Crippen LogP) is 4.06. The highest BCUT2D eigenvalue weighted by molar-refractivity contribution is 6.31. The van der Waals surface area contributed by atoms with Crippen molar-refractivity contribution in [1.29, 1.82) is 0 Å². The number of nitrogens with zero attached hydrogens (tertiary/aromatic N) is 1. The van der Waals surface area contributed by atoms with Crippen LogP contribution in [0.5, 0.6) is 0 Å². The summed E-state index contributed by atoms with van der Waals surface area (Å²) in [6, 6.07) is 13.4. The first-order chi connectivity index (χ1) is 9.65. The maximum atomic E-state index is 13.4. The number of hydrogen-bond donors (Lipinski definition) is 1. The molecule has 0 aromatic heterocycles. The van der Waals surface area contributed by atoms with E-state index < -0.39 is 5.82 Å². The summed E-state index contributed by atoms with van der Waals surface area (Å²) in [7, 11) is 0. The second-order valence-electron chi connectivity index (χ2n) is 5.17. The van der Waals surface area contributed by atoms with Gasteiger partial charge in [0.1, 0.15) is 5.82 Å². The summed E-state index contributed by atoms with van der Waals surface area (Å²) in [5.41, 5.74) is 8.52. The Hall–Kier alpha value is -1.74. The van der Waals surface area contributed by atoms with E-state index in [1.54, 1.807) is 6.07 Å². The summed E-state index contributed by atoms with van der Waals surface area (Å²) in [5.74, 6) is 0.0196. The lowest BCUT2D eigenvalue weighted by atomic mass is 9.99. The highest BCUT2D eigenvalue weighted by atomic mass is 35.5. The van der Waals surface area contributed by atoms with Crippen LogP contribution < -0.4 is 10.6 Å². The lowest BCUT2D eigenvalue weighted by Gasteiger charge is -2.21. The van der Waals surface area contributed by atoms with Gasteiger partial charge in [0.15, 0.2) is 0 Å². The Morgan fingerprint density at radius 1 is 1.20 bits per heavy atom. The van der Waals surface area contributed by atoms with Gasteiger partial charge in [-0.15, -0.1) is 0 Å². The molecule has 1 heterocycles. The minimum atomic E-state index is -0.466. The van der Waals surface area contributed by atoms with Gasteiger partial charge in [0.05, 0.1) is 16.4 Å². The molecule has 1 saturated heterocycles. The standard InChI is InChI=1S/C16H16ClFN2/c17-13-8-16(15(19)9-14(13)18)20-7-6-12(10-20)11-4-2-1-3-5-11/h1-5,8-9,12H,6-7,10,19H2. The van der Waals surface area contributed by atoms with Gasteiger partial charge in [0.25, 0.3) is 0 Å². The summed E-state index contributed by atoms with van der Waals surface area (Å²) in [6.07, 6.45) is 1.07. The Morgan fingerprint density at radius 3 is 2.70 bits per heavy atom. The highest BCUT2D eigenvalue weighted by Gasteiger charge is 2.25. The smallest absolute Gasteiger partial charge is 0.143 e. The van der Waals surface area contributed by atoms with Gasteiger partial charge in [-0.1, -0.05) is 41.9 Å². The predicted molar refractivity (Wildman–Crippen MR) is 81.8 cm³/mol. The topological polar surface area (TPSA) is 29.3 Å². The van der Waals surface area contributed by atoms with E-state index in [2.05, 4.69) is 29.2 Å². The van der Waals surface area contributed by atoms with Crippen LogP contribution in [0.25, 0.3) is 0 Å². The molecule has 2 aromatic rings. The fourth-order valence-electron chi connectivity index (χ4n) is 2.80. The summed E-state index contributed by atoms with van der Waals surface area (Å²) in [5, 5.41) is 0.123. The van der Waals surface area contributed by atoms with Gasteiger partial charge in [-0.25, -0.2) is 4.39 Å². The molecule has 2 aromatic carbocycles.